The summed E-state index contributed by atoms with van der Waals surface area (Å²) in [5.74, 6) is 1.12. The number of morpholine rings is 1. The highest BCUT2D eigenvalue weighted by atomic mass is 16.5. The SMILES string of the molecule is Cc1ccc(-c2cc3nc(C4CCCN4)cc(N4CCOCC4)n3n2)cc1. The van der Waals surface area contributed by atoms with E-state index in [9.17, 15) is 0 Å². The fourth-order valence-electron chi connectivity index (χ4n) is 3.98. The maximum absolute atomic E-state index is 5.55. The predicted molar refractivity (Wildman–Crippen MR) is 106 cm³/mol. The monoisotopic (exact) mass is 363 g/mol. The van der Waals surface area contributed by atoms with E-state index in [0.29, 0.717) is 6.04 Å². The van der Waals surface area contributed by atoms with Crippen LogP contribution in [0.3, 0.4) is 0 Å². The van der Waals surface area contributed by atoms with Gasteiger partial charge in [0.1, 0.15) is 5.82 Å². The molecule has 0 saturated carbocycles. The number of nitrogens with one attached hydrogen (secondary N) is 1. The summed E-state index contributed by atoms with van der Waals surface area (Å²) < 4.78 is 7.55. The number of aryl methyl sites for hydroxylation is 1. The third kappa shape index (κ3) is 3.19. The first-order chi connectivity index (χ1) is 13.3. The molecule has 0 amide bonds. The Morgan fingerprint density at radius 1 is 1.11 bits per heavy atom. The summed E-state index contributed by atoms with van der Waals surface area (Å²) in [4.78, 5) is 7.32. The predicted octanol–water partition coefficient (Wildman–Crippen LogP) is 2.97. The number of benzene rings is 1. The summed E-state index contributed by atoms with van der Waals surface area (Å²) in [5.41, 5.74) is 5.38. The molecular weight excluding hydrogens is 338 g/mol. The Morgan fingerprint density at radius 2 is 1.93 bits per heavy atom. The molecule has 140 valence electrons. The van der Waals surface area contributed by atoms with Gasteiger partial charge < -0.3 is 15.0 Å². The van der Waals surface area contributed by atoms with Crippen LogP contribution < -0.4 is 10.2 Å². The number of aromatic nitrogens is 3. The van der Waals surface area contributed by atoms with Gasteiger partial charge in [0.25, 0.3) is 0 Å². The maximum Gasteiger partial charge on any atom is 0.158 e. The van der Waals surface area contributed by atoms with Crippen molar-refractivity contribution in [2.75, 3.05) is 37.7 Å². The number of rotatable bonds is 3. The summed E-state index contributed by atoms with van der Waals surface area (Å²) in [5, 5.41) is 8.48. The normalized spacial score (nSPS) is 20.5. The highest BCUT2D eigenvalue weighted by molar-refractivity contribution is 5.66. The van der Waals surface area contributed by atoms with Crippen molar-refractivity contribution >= 4 is 11.5 Å². The molecule has 1 aromatic carbocycles. The number of hydrogen-bond donors (Lipinski definition) is 1. The minimum absolute atomic E-state index is 0.340. The van der Waals surface area contributed by atoms with E-state index >= 15 is 0 Å². The number of ether oxygens (including phenoxy) is 1. The second-order valence-corrected chi connectivity index (χ2v) is 7.45. The maximum atomic E-state index is 5.55. The lowest BCUT2D eigenvalue weighted by atomic mass is 10.1. The smallest absolute Gasteiger partial charge is 0.158 e. The highest BCUT2D eigenvalue weighted by Gasteiger charge is 2.23. The van der Waals surface area contributed by atoms with Crippen molar-refractivity contribution in [3.8, 4) is 11.3 Å². The Morgan fingerprint density at radius 3 is 2.67 bits per heavy atom. The second-order valence-electron chi connectivity index (χ2n) is 7.45. The Kier molecular flexibility index (Phi) is 4.30. The van der Waals surface area contributed by atoms with E-state index in [2.05, 4.69) is 53.5 Å². The Bertz CT molecular complexity index is 937. The first-order valence-corrected chi connectivity index (χ1v) is 9.82. The lowest BCUT2D eigenvalue weighted by molar-refractivity contribution is 0.122. The van der Waals surface area contributed by atoms with Crippen LogP contribution in [-0.2, 0) is 4.74 Å². The summed E-state index contributed by atoms with van der Waals surface area (Å²) in [7, 11) is 0. The molecule has 1 atom stereocenters. The zero-order valence-corrected chi connectivity index (χ0v) is 15.7. The number of hydrogen-bond acceptors (Lipinski definition) is 5. The molecule has 2 fully saturated rings. The number of nitrogens with zero attached hydrogens (tertiary/aromatic N) is 4. The molecule has 5 rings (SSSR count). The third-order valence-electron chi connectivity index (χ3n) is 5.53. The minimum Gasteiger partial charge on any atom is -0.378 e. The van der Waals surface area contributed by atoms with E-state index in [1.165, 1.54) is 12.0 Å². The van der Waals surface area contributed by atoms with Crippen LogP contribution in [0.1, 0.15) is 30.1 Å². The molecule has 1 unspecified atom stereocenters. The topological polar surface area (TPSA) is 54.7 Å². The quantitative estimate of drug-likeness (QED) is 0.775. The molecule has 0 aliphatic carbocycles. The van der Waals surface area contributed by atoms with Crippen LogP contribution in [0.5, 0.6) is 0 Å². The van der Waals surface area contributed by atoms with Gasteiger partial charge in [-0.1, -0.05) is 29.8 Å². The molecular formula is C21H25N5O. The average molecular weight is 363 g/mol. The Balaban J connectivity index is 1.63. The molecule has 4 heterocycles. The molecule has 27 heavy (non-hydrogen) atoms. The van der Waals surface area contributed by atoms with Crippen LogP contribution >= 0.6 is 0 Å². The van der Waals surface area contributed by atoms with Crippen molar-refractivity contribution in [2.45, 2.75) is 25.8 Å². The molecule has 1 N–H and O–H groups in total. The van der Waals surface area contributed by atoms with E-state index < -0.39 is 0 Å². The van der Waals surface area contributed by atoms with Gasteiger partial charge in [-0.25, -0.2) is 4.98 Å². The lowest BCUT2D eigenvalue weighted by Gasteiger charge is -2.29. The Hall–Kier alpha value is -2.44. The van der Waals surface area contributed by atoms with Crippen molar-refractivity contribution < 1.29 is 4.74 Å². The van der Waals surface area contributed by atoms with Gasteiger partial charge in [0.05, 0.1) is 24.6 Å². The largest absolute Gasteiger partial charge is 0.378 e. The van der Waals surface area contributed by atoms with Crippen molar-refractivity contribution in [2.24, 2.45) is 0 Å². The van der Waals surface area contributed by atoms with Crippen LogP contribution in [0.25, 0.3) is 16.9 Å². The summed E-state index contributed by atoms with van der Waals surface area (Å²) in [6, 6.07) is 13.2. The molecule has 2 aliphatic rings. The Labute approximate surface area is 159 Å². The molecule has 0 spiro atoms. The first kappa shape index (κ1) is 16.7. The van der Waals surface area contributed by atoms with Gasteiger partial charge >= 0.3 is 0 Å². The van der Waals surface area contributed by atoms with E-state index in [1.807, 2.05) is 4.52 Å². The van der Waals surface area contributed by atoms with Crippen molar-refractivity contribution in [1.82, 2.24) is 19.9 Å². The third-order valence-corrected chi connectivity index (χ3v) is 5.53. The lowest BCUT2D eigenvalue weighted by Crippen LogP contribution is -2.37. The number of fused-ring (bicyclic) bond motifs is 1. The second kappa shape index (κ2) is 6.94. The standard InChI is InChI=1S/C21H25N5O/c1-15-4-6-16(7-5-15)18-13-20-23-19(17-3-2-8-22-17)14-21(26(20)24-18)25-9-11-27-12-10-25/h4-7,13-14,17,22H,2-3,8-12H2,1H3. The molecule has 0 bridgehead atoms. The molecule has 3 aromatic rings. The molecule has 0 radical (unpaired) electrons. The summed E-state index contributed by atoms with van der Waals surface area (Å²) in [6.45, 7) is 6.46. The van der Waals surface area contributed by atoms with E-state index in [0.717, 1.165) is 67.7 Å². The molecule has 2 aromatic heterocycles. The van der Waals surface area contributed by atoms with Crippen LogP contribution in [0.2, 0.25) is 0 Å². The molecule has 6 nitrogen and oxygen atoms in total. The van der Waals surface area contributed by atoms with Gasteiger partial charge in [-0.05, 0) is 26.3 Å². The summed E-state index contributed by atoms with van der Waals surface area (Å²) >= 11 is 0. The van der Waals surface area contributed by atoms with E-state index in [-0.39, 0.29) is 0 Å². The van der Waals surface area contributed by atoms with E-state index in [1.54, 1.807) is 0 Å². The van der Waals surface area contributed by atoms with Gasteiger partial charge in [-0.2, -0.15) is 9.61 Å². The molecule has 6 heteroatoms. The zero-order chi connectivity index (χ0) is 18.2. The van der Waals surface area contributed by atoms with Gasteiger partial charge in [0, 0.05) is 36.8 Å². The van der Waals surface area contributed by atoms with Crippen LogP contribution in [-0.4, -0.2) is 47.4 Å². The first-order valence-electron chi connectivity index (χ1n) is 9.82. The van der Waals surface area contributed by atoms with Gasteiger partial charge in [0.15, 0.2) is 5.65 Å². The molecule has 2 aliphatic heterocycles. The van der Waals surface area contributed by atoms with Crippen molar-refractivity contribution in [3.05, 3.63) is 47.7 Å². The van der Waals surface area contributed by atoms with Gasteiger partial charge in [-0.15, -0.1) is 0 Å². The zero-order valence-electron chi connectivity index (χ0n) is 15.7. The van der Waals surface area contributed by atoms with Crippen molar-refractivity contribution in [3.63, 3.8) is 0 Å². The summed E-state index contributed by atoms with van der Waals surface area (Å²) in [6.07, 6.45) is 2.35. The minimum atomic E-state index is 0.340. The van der Waals surface area contributed by atoms with Crippen LogP contribution in [0, 0.1) is 6.92 Å². The fraction of sp³-hybridized carbons (Fsp3) is 0.429. The van der Waals surface area contributed by atoms with Crippen LogP contribution in [0.4, 0.5) is 5.82 Å². The fourth-order valence-corrected chi connectivity index (χ4v) is 3.98. The van der Waals surface area contributed by atoms with Crippen molar-refractivity contribution in [1.29, 1.82) is 0 Å². The highest BCUT2D eigenvalue weighted by Crippen LogP contribution is 2.29. The molecule has 2 saturated heterocycles. The van der Waals surface area contributed by atoms with Gasteiger partial charge in [0.2, 0.25) is 0 Å². The van der Waals surface area contributed by atoms with Gasteiger partial charge in [-0.3, -0.25) is 0 Å². The van der Waals surface area contributed by atoms with Crippen LogP contribution in [0.15, 0.2) is 36.4 Å². The number of anilines is 1. The average Bonchev–Trinajstić information content (AvgIpc) is 3.38. The van der Waals surface area contributed by atoms with E-state index in [4.69, 9.17) is 14.8 Å².